The highest BCUT2D eigenvalue weighted by Gasteiger charge is 2.30. The van der Waals surface area contributed by atoms with Crippen LogP contribution in [0.5, 0.6) is 0 Å². The molecule has 17 rings (SSSR count). The Morgan fingerprint density at radius 1 is 0.362 bits per heavy atom. The van der Waals surface area contributed by atoms with Gasteiger partial charge in [-0.15, -0.1) is 15.3 Å². The summed E-state index contributed by atoms with van der Waals surface area (Å²) in [5.41, 5.74) is 3.73. The summed E-state index contributed by atoms with van der Waals surface area (Å²) in [6, 6.07) is 41.5. The maximum atomic E-state index is 13.6. The Bertz CT molecular complexity index is 5320. The number of nitrogens with one attached hydrogen (secondary N) is 2. The molecule has 6 aromatic carbocycles. The number of aromatic nitrogens is 15. The monoisotopic (exact) mass is 1580 g/mol. The quantitative estimate of drug-likeness (QED) is 0.0471. The molecule has 1 saturated carbocycles. The number of carbonyl (C=O) groups excluding carboxylic acids is 3. The topological polar surface area (TPSA) is 277 Å². The average molecular weight is 1580 g/mol. The molecule has 34 heteroatoms. The number of carbonyl (C=O) groups is 3. The highest BCUT2D eigenvalue weighted by Crippen LogP contribution is 2.31. The molecule has 2 N–H and O–H groups in total. The third-order valence-electron chi connectivity index (χ3n) is 20.5. The van der Waals surface area contributed by atoms with Crippen molar-refractivity contribution in [2.75, 3.05) is 142 Å². The molecule has 5 aliphatic rings. The maximum absolute atomic E-state index is 13.6. The van der Waals surface area contributed by atoms with Crippen LogP contribution in [0.3, 0.4) is 0 Å². The summed E-state index contributed by atoms with van der Waals surface area (Å²) in [6.45, 7) is 10.2. The predicted octanol–water partition coefficient (Wildman–Crippen LogP) is 10.3. The number of anilines is 6. The van der Waals surface area contributed by atoms with Gasteiger partial charge >= 0.3 is 0 Å². The molecule has 4 saturated heterocycles. The van der Waals surface area contributed by atoms with Crippen LogP contribution in [0.4, 0.5) is 61.2 Å². The van der Waals surface area contributed by atoms with Gasteiger partial charge in [-0.2, -0.15) is 0 Å². The number of amides is 3. The molecule has 28 nitrogen and oxygen atoms in total. The molecule has 5 fully saturated rings. The molecular formula is C82H82F6N24O4. The number of ether oxygens (including phenoxy) is 1. The van der Waals surface area contributed by atoms with Gasteiger partial charge in [-0.1, -0.05) is 0 Å². The van der Waals surface area contributed by atoms with Gasteiger partial charge in [-0.3, -0.25) is 14.4 Å². The van der Waals surface area contributed by atoms with Gasteiger partial charge in [0.15, 0.2) is 34.9 Å². The smallest absolute Gasteiger partial charge is 0.244 e. The van der Waals surface area contributed by atoms with Gasteiger partial charge < -0.3 is 49.7 Å². The van der Waals surface area contributed by atoms with E-state index >= 15 is 0 Å². The number of nitrogens with zero attached hydrogens (tertiary/aromatic N) is 22. The van der Waals surface area contributed by atoms with Crippen LogP contribution in [0, 0.1) is 34.9 Å². The number of halogens is 6. The van der Waals surface area contributed by atoms with Crippen LogP contribution in [0.1, 0.15) is 25.7 Å². The van der Waals surface area contributed by atoms with E-state index in [1.165, 1.54) is 119 Å². The van der Waals surface area contributed by atoms with E-state index in [2.05, 4.69) is 90.4 Å². The Kier molecular flexibility index (Phi) is 24.4. The summed E-state index contributed by atoms with van der Waals surface area (Å²) in [6.07, 6.45) is 9.46. The summed E-state index contributed by atoms with van der Waals surface area (Å²) in [5.74, 6) is 4.88. The second kappa shape index (κ2) is 36.3. The first-order chi connectivity index (χ1) is 56.5. The minimum absolute atomic E-state index is 0.0203. The second-order valence-electron chi connectivity index (χ2n) is 28.2. The summed E-state index contributed by atoms with van der Waals surface area (Å²) in [5, 5.41) is 20.3. The standard InChI is InChI=1S/C28H28F2N8O.C27H28F2N8O2.C27H26F2N8O/c29-21-8-4-19(5-9-21)27-34-28(20-6-10-22(30)11-7-20)38(35-27)17-26(39)37-14-12-36(13-15-37)25-16-24(31-18-32-25)33-23-2-1-3-23;1-39-15-10-30-23-16-24(32-18-31-23)35-11-13-36(14-12-35)25(38)17-37-27(20-4-8-22(29)9-5-20)33-26(34-37)19-2-6-21(28)7-3-19;28-21-6-2-19(3-7-21)26-32-27(20-4-8-22(29)9-5-20)37(33-26)17-25(38)36-14-12-35(13-15-36)24-16-23(30-18-31-24)34-10-1-11-34/h4-11,16,18,23H,1-3,12-15,17H2,(H,31,32,33);2-9,16,18H,10-15,17H2,1H3,(H,30,31,32);2-9,16,18H,1,10-15,17H2. The number of hydrogen-bond acceptors (Lipinski definition) is 22. The van der Waals surface area contributed by atoms with Crippen LogP contribution >= 0.6 is 0 Å². The number of methoxy groups -OCH3 is 1. The van der Waals surface area contributed by atoms with Crippen LogP contribution < -0.4 is 30.2 Å². The highest BCUT2D eigenvalue weighted by molar-refractivity contribution is 5.79. The lowest BCUT2D eigenvalue weighted by Gasteiger charge is -2.36. The minimum Gasteiger partial charge on any atom is -0.383 e. The molecule has 1 aliphatic carbocycles. The minimum atomic E-state index is -0.376. The highest BCUT2D eigenvalue weighted by atomic mass is 19.1. The van der Waals surface area contributed by atoms with Gasteiger partial charge in [0, 0.05) is 163 Å². The SMILES string of the molecule is COCCNc1cc(N2CCN(C(=O)Cn3nc(-c4ccc(F)cc4)nc3-c3ccc(F)cc3)CC2)ncn1.O=C(Cn1nc(-c2ccc(F)cc2)nc1-c1ccc(F)cc1)N1CCN(c2cc(N3CCC3)ncn2)CC1.O=C(Cn1nc(-c2ccc(F)cc2)nc1-c1ccc(F)cc1)N1CCN(c2cc(NC3CCC3)ncn2)CC1. The van der Waals surface area contributed by atoms with Crippen LogP contribution in [0.15, 0.2) is 183 Å². The van der Waals surface area contributed by atoms with Gasteiger partial charge in [-0.25, -0.2) is 85.2 Å². The molecule has 0 bridgehead atoms. The molecule has 12 aromatic rings. The summed E-state index contributed by atoms with van der Waals surface area (Å²) >= 11 is 0. The lowest BCUT2D eigenvalue weighted by molar-refractivity contribution is -0.133. The fraction of sp³-hybridized carbons (Fsp3) is 0.305. The first-order valence-electron chi connectivity index (χ1n) is 38.2. The lowest BCUT2D eigenvalue weighted by atomic mass is 9.93. The van der Waals surface area contributed by atoms with Gasteiger partial charge in [0.2, 0.25) is 17.7 Å². The van der Waals surface area contributed by atoms with Gasteiger partial charge in [0.05, 0.1) is 6.61 Å². The molecule has 3 amide bonds. The normalized spacial score (nSPS) is 14.9. The third kappa shape index (κ3) is 19.3. The van der Waals surface area contributed by atoms with Crippen molar-refractivity contribution in [2.45, 2.75) is 51.4 Å². The van der Waals surface area contributed by atoms with Crippen LogP contribution in [0.25, 0.3) is 68.3 Å². The van der Waals surface area contributed by atoms with E-state index in [0.717, 1.165) is 42.2 Å². The zero-order valence-corrected chi connectivity index (χ0v) is 63.4. The van der Waals surface area contributed by atoms with E-state index in [9.17, 15) is 40.7 Å². The molecule has 4 aliphatic heterocycles. The van der Waals surface area contributed by atoms with E-state index in [1.54, 1.807) is 102 Å². The predicted molar refractivity (Wildman–Crippen MR) is 423 cm³/mol. The average Bonchev–Trinajstić information content (AvgIpc) is 1.65. The molecule has 0 atom stereocenters. The Morgan fingerprint density at radius 2 is 0.655 bits per heavy atom. The Morgan fingerprint density at radius 3 is 0.957 bits per heavy atom. The summed E-state index contributed by atoms with van der Waals surface area (Å²) < 4.78 is 90.6. The van der Waals surface area contributed by atoms with E-state index < -0.39 is 0 Å². The summed E-state index contributed by atoms with van der Waals surface area (Å²) in [7, 11) is 1.64. The van der Waals surface area contributed by atoms with E-state index in [0.29, 0.717) is 172 Å². The fourth-order valence-electron chi connectivity index (χ4n) is 13.7. The van der Waals surface area contributed by atoms with Crippen molar-refractivity contribution < 1.29 is 45.5 Å². The van der Waals surface area contributed by atoms with Crippen molar-refractivity contribution in [1.29, 1.82) is 0 Å². The van der Waals surface area contributed by atoms with Crippen molar-refractivity contribution >= 4 is 52.6 Å². The van der Waals surface area contributed by atoms with Gasteiger partial charge in [0.25, 0.3) is 0 Å². The lowest BCUT2D eigenvalue weighted by Crippen LogP contribution is -2.50. The molecule has 10 heterocycles. The number of rotatable bonds is 22. The van der Waals surface area contributed by atoms with Crippen molar-refractivity contribution in [1.82, 2.24) is 88.9 Å². The maximum Gasteiger partial charge on any atom is 0.244 e. The largest absolute Gasteiger partial charge is 0.383 e. The molecule has 0 radical (unpaired) electrons. The van der Waals surface area contributed by atoms with E-state index in [1.807, 2.05) is 23.1 Å². The van der Waals surface area contributed by atoms with E-state index in [-0.39, 0.29) is 72.3 Å². The zero-order valence-electron chi connectivity index (χ0n) is 63.4. The number of piperazine rings is 3. The fourth-order valence-corrected chi connectivity index (χ4v) is 13.7. The number of hydrogen-bond donors (Lipinski definition) is 2. The van der Waals surface area contributed by atoms with Gasteiger partial charge in [-0.05, 0) is 171 Å². The molecule has 596 valence electrons. The summed E-state index contributed by atoms with van der Waals surface area (Å²) in [4.78, 5) is 94.0. The Hall–Kier alpha value is -13.3. The van der Waals surface area contributed by atoms with Crippen molar-refractivity contribution in [3.05, 3.63) is 218 Å². The van der Waals surface area contributed by atoms with E-state index in [4.69, 9.17) is 4.74 Å². The molecule has 0 spiro atoms. The Labute approximate surface area is 663 Å². The third-order valence-corrected chi connectivity index (χ3v) is 20.5. The van der Waals surface area contributed by atoms with Crippen molar-refractivity contribution in [3.8, 4) is 68.3 Å². The zero-order chi connectivity index (χ0) is 80.0. The number of benzene rings is 6. The first kappa shape index (κ1) is 78.0. The van der Waals surface area contributed by atoms with Gasteiger partial charge in [0.1, 0.15) is 108 Å². The Balaban J connectivity index is 0.000000137. The molecule has 116 heavy (non-hydrogen) atoms. The first-order valence-corrected chi connectivity index (χ1v) is 38.2. The molecule has 0 unspecified atom stereocenters. The van der Waals surface area contributed by atoms with Crippen LogP contribution in [0.2, 0.25) is 0 Å². The van der Waals surface area contributed by atoms with Crippen molar-refractivity contribution in [3.63, 3.8) is 0 Å². The van der Waals surface area contributed by atoms with Crippen molar-refractivity contribution in [2.24, 2.45) is 0 Å². The van der Waals surface area contributed by atoms with Crippen LogP contribution in [-0.2, 0) is 38.8 Å². The molecular weight excluding hydrogens is 1500 g/mol. The molecule has 6 aromatic heterocycles. The van der Waals surface area contributed by atoms with Crippen LogP contribution in [-0.4, -0.2) is 225 Å². The second-order valence-corrected chi connectivity index (χ2v) is 28.2.